The number of hydrogen-bond donors (Lipinski definition) is 1. The molecule has 0 saturated carbocycles. The van der Waals surface area contributed by atoms with Crippen LogP contribution in [-0.4, -0.2) is 0 Å². The van der Waals surface area contributed by atoms with Crippen LogP contribution in [0.3, 0.4) is 0 Å². The molecular formula is C8H6S3. The van der Waals surface area contributed by atoms with Gasteiger partial charge in [-0.2, -0.15) is 0 Å². The molecule has 3 heteroatoms. The summed E-state index contributed by atoms with van der Waals surface area (Å²) >= 11 is 7.89. The van der Waals surface area contributed by atoms with Gasteiger partial charge in [0, 0.05) is 14.5 Å². The third-order valence-corrected chi connectivity index (χ3v) is 4.46. The van der Waals surface area contributed by atoms with Gasteiger partial charge in [0.2, 0.25) is 0 Å². The van der Waals surface area contributed by atoms with E-state index in [9.17, 15) is 0 Å². The minimum Gasteiger partial charge on any atom is -0.142 e. The van der Waals surface area contributed by atoms with E-state index in [1.54, 1.807) is 22.7 Å². The van der Waals surface area contributed by atoms with Crippen LogP contribution >= 0.6 is 35.3 Å². The molecule has 2 aromatic heterocycles. The van der Waals surface area contributed by atoms with Gasteiger partial charge in [0.1, 0.15) is 0 Å². The second-order valence-electron chi connectivity index (χ2n) is 2.13. The van der Waals surface area contributed by atoms with E-state index in [4.69, 9.17) is 0 Å². The van der Waals surface area contributed by atoms with Crippen molar-refractivity contribution in [3.63, 3.8) is 0 Å². The first kappa shape index (κ1) is 7.40. The van der Waals surface area contributed by atoms with Gasteiger partial charge in [-0.1, -0.05) is 12.7 Å². The van der Waals surface area contributed by atoms with Crippen LogP contribution in [0, 0.1) is 0 Å². The molecule has 0 bridgehead atoms. The van der Waals surface area contributed by atoms with Crippen LogP contribution < -0.4 is 0 Å². The lowest BCUT2D eigenvalue weighted by molar-refractivity contribution is 1.69. The SMILES string of the molecule is C=Cc1sc2ccsc2c1S. The smallest absolute Gasteiger partial charge is 0.0590 e. The van der Waals surface area contributed by atoms with Crippen molar-refractivity contribution in [3.8, 4) is 0 Å². The van der Waals surface area contributed by atoms with Crippen LogP contribution in [0.25, 0.3) is 15.5 Å². The summed E-state index contributed by atoms with van der Waals surface area (Å²) in [5.74, 6) is 0. The van der Waals surface area contributed by atoms with Crippen LogP contribution in [0.2, 0.25) is 0 Å². The van der Waals surface area contributed by atoms with Crippen LogP contribution in [0.4, 0.5) is 0 Å². The molecule has 0 unspecified atom stereocenters. The third-order valence-electron chi connectivity index (χ3n) is 1.48. The van der Waals surface area contributed by atoms with Gasteiger partial charge >= 0.3 is 0 Å². The van der Waals surface area contributed by atoms with Crippen molar-refractivity contribution in [3.05, 3.63) is 22.9 Å². The van der Waals surface area contributed by atoms with Crippen molar-refractivity contribution in [2.75, 3.05) is 0 Å². The molecule has 0 radical (unpaired) electrons. The maximum atomic E-state index is 4.41. The summed E-state index contributed by atoms with van der Waals surface area (Å²) < 4.78 is 2.60. The van der Waals surface area contributed by atoms with E-state index in [-0.39, 0.29) is 0 Å². The molecule has 2 heterocycles. The van der Waals surface area contributed by atoms with Crippen molar-refractivity contribution in [2.24, 2.45) is 0 Å². The molecule has 2 rings (SSSR count). The molecule has 0 aliphatic heterocycles. The molecule has 0 N–H and O–H groups in total. The Labute approximate surface area is 78.6 Å². The fourth-order valence-corrected chi connectivity index (χ4v) is 3.57. The maximum Gasteiger partial charge on any atom is 0.0590 e. The van der Waals surface area contributed by atoms with E-state index >= 15 is 0 Å². The fourth-order valence-electron chi connectivity index (χ4n) is 0.968. The second kappa shape index (κ2) is 2.66. The van der Waals surface area contributed by atoms with E-state index in [0.29, 0.717) is 0 Å². The molecule has 2 aromatic rings. The molecule has 0 atom stereocenters. The van der Waals surface area contributed by atoms with Crippen molar-refractivity contribution < 1.29 is 0 Å². The summed E-state index contributed by atoms with van der Waals surface area (Å²) in [5, 5.41) is 2.09. The molecule has 0 spiro atoms. The lowest BCUT2D eigenvalue weighted by Gasteiger charge is -1.84. The monoisotopic (exact) mass is 198 g/mol. The molecule has 0 amide bonds. The Hall–Kier alpha value is -0.250. The zero-order valence-corrected chi connectivity index (χ0v) is 8.23. The number of hydrogen-bond acceptors (Lipinski definition) is 3. The highest BCUT2D eigenvalue weighted by Crippen LogP contribution is 2.37. The van der Waals surface area contributed by atoms with Crippen molar-refractivity contribution >= 4 is 50.8 Å². The van der Waals surface area contributed by atoms with E-state index < -0.39 is 0 Å². The van der Waals surface area contributed by atoms with Crippen molar-refractivity contribution in [2.45, 2.75) is 4.90 Å². The molecule has 0 aliphatic rings. The number of rotatable bonds is 1. The first-order valence-corrected chi connectivity index (χ1v) is 5.28. The Morgan fingerprint density at radius 2 is 2.36 bits per heavy atom. The van der Waals surface area contributed by atoms with Gasteiger partial charge in [0.05, 0.1) is 4.70 Å². The molecule has 0 nitrogen and oxygen atoms in total. The molecule has 0 aliphatic carbocycles. The van der Waals surface area contributed by atoms with Gasteiger partial charge in [-0.25, -0.2) is 0 Å². The van der Waals surface area contributed by atoms with Crippen LogP contribution in [-0.2, 0) is 0 Å². The second-order valence-corrected chi connectivity index (χ2v) is 4.58. The van der Waals surface area contributed by atoms with Crippen LogP contribution in [0.15, 0.2) is 22.9 Å². The molecule has 0 fully saturated rings. The van der Waals surface area contributed by atoms with E-state index in [1.165, 1.54) is 14.3 Å². The normalized spacial score (nSPS) is 10.6. The fraction of sp³-hybridized carbons (Fsp3) is 0. The van der Waals surface area contributed by atoms with Gasteiger partial charge in [-0.05, 0) is 11.4 Å². The molecule has 56 valence electrons. The van der Waals surface area contributed by atoms with Crippen LogP contribution in [0.5, 0.6) is 0 Å². The summed E-state index contributed by atoms with van der Waals surface area (Å²) in [6.07, 6.45) is 1.86. The number of fused-ring (bicyclic) bond motifs is 1. The Kier molecular flexibility index (Phi) is 1.79. The predicted octanol–water partition coefficient (Wildman–Crippen LogP) is 3.89. The molecular weight excluding hydrogens is 192 g/mol. The molecule has 0 aromatic carbocycles. The van der Waals surface area contributed by atoms with Crippen molar-refractivity contribution in [1.82, 2.24) is 0 Å². The average molecular weight is 198 g/mol. The largest absolute Gasteiger partial charge is 0.142 e. The van der Waals surface area contributed by atoms with Gasteiger partial charge in [-0.3, -0.25) is 0 Å². The number of thiophene rings is 2. The predicted molar refractivity (Wildman–Crippen MR) is 57.0 cm³/mol. The van der Waals surface area contributed by atoms with Crippen LogP contribution in [0.1, 0.15) is 4.88 Å². The maximum absolute atomic E-state index is 4.41. The first-order chi connectivity index (χ1) is 5.33. The van der Waals surface area contributed by atoms with E-state index in [2.05, 4.69) is 30.7 Å². The lowest BCUT2D eigenvalue weighted by Crippen LogP contribution is -1.58. The van der Waals surface area contributed by atoms with E-state index in [0.717, 1.165) is 4.90 Å². The first-order valence-electron chi connectivity index (χ1n) is 3.14. The summed E-state index contributed by atoms with van der Waals surface area (Å²) in [7, 11) is 0. The zero-order valence-electron chi connectivity index (χ0n) is 5.70. The topological polar surface area (TPSA) is 0 Å². The summed E-state index contributed by atoms with van der Waals surface area (Å²) in [6, 6.07) is 2.12. The minimum atomic E-state index is 1.08. The van der Waals surface area contributed by atoms with Gasteiger partial charge in [0.15, 0.2) is 0 Å². The third kappa shape index (κ3) is 1.04. The van der Waals surface area contributed by atoms with Gasteiger partial charge in [-0.15, -0.1) is 35.3 Å². The minimum absolute atomic E-state index is 1.08. The summed E-state index contributed by atoms with van der Waals surface area (Å²) in [4.78, 5) is 2.25. The summed E-state index contributed by atoms with van der Waals surface area (Å²) in [5.41, 5.74) is 0. The van der Waals surface area contributed by atoms with Gasteiger partial charge in [0.25, 0.3) is 0 Å². The Morgan fingerprint density at radius 3 is 3.00 bits per heavy atom. The van der Waals surface area contributed by atoms with Crippen molar-refractivity contribution in [1.29, 1.82) is 0 Å². The molecule has 11 heavy (non-hydrogen) atoms. The Bertz CT molecular complexity index is 394. The lowest BCUT2D eigenvalue weighted by atomic mass is 10.4. The Morgan fingerprint density at radius 1 is 1.55 bits per heavy atom. The highest BCUT2D eigenvalue weighted by Gasteiger charge is 2.06. The standard InChI is InChI=1S/C8H6S3/c1-2-5-7(9)8-6(11-5)3-4-10-8/h2-4,9H,1H2. The van der Waals surface area contributed by atoms with Gasteiger partial charge < -0.3 is 0 Å². The highest BCUT2D eigenvalue weighted by atomic mass is 32.1. The number of thiol groups is 1. The summed E-state index contributed by atoms with van der Waals surface area (Å²) in [6.45, 7) is 3.73. The average Bonchev–Trinajstić information content (AvgIpc) is 2.53. The Balaban J connectivity index is 2.86. The van der Waals surface area contributed by atoms with E-state index in [1.807, 2.05) is 6.08 Å². The quantitative estimate of drug-likeness (QED) is 0.660. The highest BCUT2D eigenvalue weighted by molar-refractivity contribution is 7.81. The zero-order chi connectivity index (χ0) is 7.84. The molecule has 0 saturated heterocycles.